The molecule has 0 spiro atoms. The third kappa shape index (κ3) is 4.65. The van der Waals surface area contributed by atoms with Crippen LogP contribution in [0.1, 0.15) is 49.9 Å². The molecule has 3 aromatic carbocycles. The number of phenolic OH excluding ortho intramolecular Hbond substituents is 2. The molecule has 0 atom stereocenters. The number of rotatable bonds is 7. The van der Waals surface area contributed by atoms with Gasteiger partial charge >= 0.3 is 0 Å². The lowest BCUT2D eigenvalue weighted by Gasteiger charge is -2.14. The summed E-state index contributed by atoms with van der Waals surface area (Å²) in [7, 11) is 0. The van der Waals surface area contributed by atoms with E-state index in [-0.39, 0.29) is 11.5 Å². The van der Waals surface area contributed by atoms with E-state index in [1.807, 2.05) is 0 Å². The van der Waals surface area contributed by atoms with Gasteiger partial charge in [0, 0.05) is 17.2 Å². The van der Waals surface area contributed by atoms with Gasteiger partial charge in [0.2, 0.25) is 0 Å². The van der Waals surface area contributed by atoms with Gasteiger partial charge in [-0.1, -0.05) is 64.1 Å². The van der Waals surface area contributed by atoms with Crippen molar-refractivity contribution in [1.29, 1.82) is 0 Å². The van der Waals surface area contributed by atoms with Crippen LogP contribution in [0.3, 0.4) is 0 Å². The molecule has 174 valence electrons. The first kappa shape index (κ1) is 23.4. The van der Waals surface area contributed by atoms with Gasteiger partial charge in [0.05, 0.1) is 5.56 Å². The normalized spacial score (nSPS) is 11.1. The van der Waals surface area contributed by atoms with E-state index in [1.165, 1.54) is 34.4 Å². The molecule has 0 aliphatic rings. The number of hydrogen-bond acceptors (Lipinski definition) is 5. The number of benzene rings is 3. The molecule has 1 heterocycles. The van der Waals surface area contributed by atoms with Crippen LogP contribution in [-0.4, -0.2) is 25.2 Å². The first-order valence-corrected chi connectivity index (χ1v) is 12.0. The Morgan fingerprint density at radius 2 is 0.971 bits per heavy atom. The van der Waals surface area contributed by atoms with E-state index < -0.39 is 0 Å². The van der Waals surface area contributed by atoms with Crippen molar-refractivity contribution in [3.63, 3.8) is 0 Å². The molecule has 4 rings (SSSR count). The first-order valence-electron chi connectivity index (χ1n) is 12.0. The molecule has 5 heteroatoms. The van der Waals surface area contributed by atoms with Gasteiger partial charge < -0.3 is 10.2 Å². The molecule has 0 fully saturated rings. The third-order valence-corrected chi connectivity index (χ3v) is 6.26. The van der Waals surface area contributed by atoms with Crippen molar-refractivity contribution in [2.75, 3.05) is 0 Å². The van der Waals surface area contributed by atoms with Gasteiger partial charge in [-0.3, -0.25) is 0 Å². The Bertz CT molecular complexity index is 1260. The largest absolute Gasteiger partial charge is 0.508 e. The van der Waals surface area contributed by atoms with E-state index in [0.717, 1.165) is 36.8 Å². The number of aromatic nitrogens is 3. The van der Waals surface area contributed by atoms with E-state index in [2.05, 4.69) is 64.1 Å². The van der Waals surface area contributed by atoms with Crippen LogP contribution in [0, 0.1) is 0 Å². The van der Waals surface area contributed by atoms with Gasteiger partial charge in [-0.2, -0.15) is 0 Å². The number of aryl methyl sites for hydroxylation is 4. The fourth-order valence-electron chi connectivity index (χ4n) is 4.20. The van der Waals surface area contributed by atoms with Crippen molar-refractivity contribution in [2.45, 2.75) is 53.4 Å². The monoisotopic (exact) mass is 453 g/mol. The fourth-order valence-corrected chi connectivity index (χ4v) is 4.20. The van der Waals surface area contributed by atoms with Crippen LogP contribution in [0.2, 0.25) is 0 Å². The Morgan fingerprint density at radius 3 is 1.38 bits per heavy atom. The maximum Gasteiger partial charge on any atom is 0.167 e. The zero-order valence-corrected chi connectivity index (χ0v) is 20.3. The summed E-state index contributed by atoms with van der Waals surface area (Å²) in [6.07, 6.45) is 3.64. The first-order chi connectivity index (χ1) is 16.5. The molecule has 2 N–H and O–H groups in total. The summed E-state index contributed by atoms with van der Waals surface area (Å²) in [5.74, 6) is 1.45. The smallest absolute Gasteiger partial charge is 0.167 e. The lowest BCUT2D eigenvalue weighted by atomic mass is 9.99. The zero-order chi connectivity index (χ0) is 24.2. The van der Waals surface area contributed by atoms with Crippen molar-refractivity contribution >= 4 is 0 Å². The third-order valence-electron chi connectivity index (χ3n) is 6.26. The lowest BCUT2D eigenvalue weighted by molar-refractivity contribution is 0.451. The molecule has 0 amide bonds. The molecule has 0 saturated heterocycles. The molecule has 0 aliphatic heterocycles. The van der Waals surface area contributed by atoms with Crippen LogP contribution >= 0.6 is 0 Å². The molecule has 0 saturated carbocycles. The van der Waals surface area contributed by atoms with Crippen molar-refractivity contribution in [3.05, 3.63) is 76.9 Å². The lowest BCUT2D eigenvalue weighted by Crippen LogP contribution is -2.04. The van der Waals surface area contributed by atoms with E-state index in [4.69, 9.17) is 15.0 Å². The minimum atomic E-state index is -0.0720. The highest BCUT2D eigenvalue weighted by Gasteiger charge is 2.18. The molecule has 0 aliphatic carbocycles. The van der Waals surface area contributed by atoms with E-state index in [9.17, 15) is 10.2 Å². The topological polar surface area (TPSA) is 79.1 Å². The molecule has 1 aromatic heterocycles. The van der Waals surface area contributed by atoms with Crippen LogP contribution in [0.25, 0.3) is 34.2 Å². The summed E-state index contributed by atoms with van der Waals surface area (Å²) in [6, 6.07) is 17.3. The van der Waals surface area contributed by atoms with Gasteiger partial charge in [-0.25, -0.2) is 15.0 Å². The second-order valence-electron chi connectivity index (χ2n) is 8.40. The van der Waals surface area contributed by atoms with Crippen LogP contribution in [0.5, 0.6) is 11.5 Å². The minimum absolute atomic E-state index is 0.0115. The predicted octanol–water partition coefficient (Wildman–Crippen LogP) is 6.53. The van der Waals surface area contributed by atoms with Gasteiger partial charge in [0.15, 0.2) is 17.5 Å². The molecule has 0 radical (unpaired) electrons. The Hall–Kier alpha value is -3.73. The standard InChI is InChI=1S/C29H31N3O2/c1-5-18-9-12-23(20(7-3)15-18)27-30-28(24-13-10-19(6-2)16-21(24)8-4)32-29(31-27)25-14-11-22(33)17-26(25)34/h9-17,33-34H,5-8H2,1-4H3. The second kappa shape index (κ2) is 10.0. The SMILES string of the molecule is CCc1ccc(-c2nc(-c3ccc(O)cc3O)nc(-c3ccc(CC)cc3CC)n2)c(CC)c1. The summed E-state index contributed by atoms with van der Waals surface area (Å²) in [4.78, 5) is 14.5. The van der Waals surface area contributed by atoms with Crippen LogP contribution in [-0.2, 0) is 25.7 Å². The Balaban J connectivity index is 1.98. The number of hydrogen-bond donors (Lipinski definition) is 2. The second-order valence-corrected chi connectivity index (χ2v) is 8.40. The fraction of sp³-hybridized carbons (Fsp3) is 0.276. The molecule has 34 heavy (non-hydrogen) atoms. The molecular formula is C29H31N3O2. The molecular weight excluding hydrogens is 422 g/mol. The van der Waals surface area contributed by atoms with Crippen LogP contribution < -0.4 is 0 Å². The van der Waals surface area contributed by atoms with E-state index in [1.54, 1.807) is 6.07 Å². The van der Waals surface area contributed by atoms with E-state index >= 15 is 0 Å². The van der Waals surface area contributed by atoms with Crippen LogP contribution in [0.4, 0.5) is 0 Å². The molecule has 5 nitrogen and oxygen atoms in total. The predicted molar refractivity (Wildman–Crippen MR) is 137 cm³/mol. The van der Waals surface area contributed by atoms with Crippen molar-refractivity contribution in [2.24, 2.45) is 0 Å². The maximum atomic E-state index is 10.5. The molecule has 4 aromatic rings. The highest BCUT2D eigenvalue weighted by atomic mass is 16.3. The highest BCUT2D eigenvalue weighted by Crippen LogP contribution is 2.34. The Kier molecular flexibility index (Phi) is 6.92. The summed E-state index contributed by atoms with van der Waals surface area (Å²) < 4.78 is 0. The van der Waals surface area contributed by atoms with Crippen molar-refractivity contribution in [1.82, 2.24) is 15.0 Å². The van der Waals surface area contributed by atoms with Crippen molar-refractivity contribution < 1.29 is 10.2 Å². The quantitative estimate of drug-likeness (QED) is 0.332. The highest BCUT2D eigenvalue weighted by molar-refractivity contribution is 5.72. The van der Waals surface area contributed by atoms with Crippen LogP contribution in [0.15, 0.2) is 54.6 Å². The summed E-state index contributed by atoms with van der Waals surface area (Å²) >= 11 is 0. The van der Waals surface area contributed by atoms with E-state index in [0.29, 0.717) is 23.0 Å². The summed E-state index contributed by atoms with van der Waals surface area (Å²) in [5, 5.41) is 20.3. The van der Waals surface area contributed by atoms with Gasteiger partial charge in [0.1, 0.15) is 11.5 Å². The number of nitrogens with zero attached hydrogens (tertiary/aromatic N) is 3. The van der Waals surface area contributed by atoms with Crippen molar-refractivity contribution in [3.8, 4) is 45.7 Å². The average molecular weight is 454 g/mol. The minimum Gasteiger partial charge on any atom is -0.508 e. The number of phenols is 2. The molecule has 0 unspecified atom stereocenters. The number of aromatic hydroxyl groups is 2. The van der Waals surface area contributed by atoms with Gasteiger partial charge in [0.25, 0.3) is 0 Å². The summed E-state index contributed by atoms with van der Waals surface area (Å²) in [5.41, 5.74) is 7.28. The summed E-state index contributed by atoms with van der Waals surface area (Å²) in [6.45, 7) is 8.55. The maximum absolute atomic E-state index is 10.5. The van der Waals surface area contributed by atoms with Gasteiger partial charge in [-0.05, 0) is 60.1 Å². The van der Waals surface area contributed by atoms with Gasteiger partial charge in [-0.15, -0.1) is 0 Å². The zero-order valence-electron chi connectivity index (χ0n) is 20.3. The Labute approximate surface area is 201 Å². The average Bonchev–Trinajstić information content (AvgIpc) is 2.87. The molecule has 0 bridgehead atoms. The Morgan fingerprint density at radius 1 is 0.529 bits per heavy atom.